The number of anilines is 1. The molecule has 0 amide bonds. The number of hydrogen-bond acceptors (Lipinski definition) is 5. The summed E-state index contributed by atoms with van der Waals surface area (Å²) < 4.78 is 1.84. The third-order valence-electron chi connectivity index (χ3n) is 4.45. The number of carbonyl (C=O) groups is 1. The van der Waals surface area contributed by atoms with Gasteiger partial charge in [0.1, 0.15) is 6.04 Å². The molecule has 7 heteroatoms. The van der Waals surface area contributed by atoms with E-state index in [1.807, 2.05) is 28.9 Å². The first-order valence-electron chi connectivity index (χ1n) is 8.55. The maximum Gasteiger partial charge on any atom is 0.227 e. The van der Waals surface area contributed by atoms with Crippen molar-refractivity contribution in [3.05, 3.63) is 46.1 Å². The number of Topliss-reactive ketones (excluding diaryl/α,β-unsaturated/α-hetero) is 1. The molecule has 1 aromatic heterocycles. The van der Waals surface area contributed by atoms with E-state index in [-0.39, 0.29) is 11.8 Å². The number of nitrogens with zero attached hydrogens (tertiary/aromatic N) is 3. The molecule has 1 atom stereocenters. The average Bonchev–Trinajstić information content (AvgIpc) is 3.00. The van der Waals surface area contributed by atoms with E-state index in [4.69, 9.17) is 11.6 Å². The van der Waals surface area contributed by atoms with E-state index < -0.39 is 0 Å². The molecule has 0 fully saturated rings. The van der Waals surface area contributed by atoms with Gasteiger partial charge in [-0.2, -0.15) is 4.98 Å². The summed E-state index contributed by atoms with van der Waals surface area (Å²) in [4.78, 5) is 17.3. The zero-order valence-corrected chi connectivity index (χ0v) is 15.5. The van der Waals surface area contributed by atoms with Crippen LogP contribution < -0.4 is 5.32 Å². The Hall–Kier alpha value is -1.79. The molecule has 130 valence electrons. The van der Waals surface area contributed by atoms with Crippen LogP contribution in [0, 0.1) is 0 Å². The molecule has 1 aliphatic carbocycles. The monoisotopic (exact) mass is 374 g/mol. The summed E-state index contributed by atoms with van der Waals surface area (Å²) in [6, 6.07) is 7.40. The van der Waals surface area contributed by atoms with Crippen molar-refractivity contribution in [1.29, 1.82) is 0 Å². The lowest BCUT2D eigenvalue weighted by atomic mass is 9.85. The van der Waals surface area contributed by atoms with Gasteiger partial charge in [-0.05, 0) is 37.0 Å². The molecule has 0 bridgehead atoms. The number of halogens is 1. The number of benzene rings is 1. The van der Waals surface area contributed by atoms with Crippen LogP contribution in [-0.4, -0.2) is 26.3 Å². The van der Waals surface area contributed by atoms with Crippen molar-refractivity contribution in [1.82, 2.24) is 14.8 Å². The molecule has 5 nitrogen and oxygen atoms in total. The van der Waals surface area contributed by atoms with Crippen LogP contribution in [0.15, 0.2) is 40.7 Å². The number of fused-ring (bicyclic) bond motifs is 1. The Balaban J connectivity index is 1.83. The Kier molecular flexibility index (Phi) is 4.56. The Bertz CT molecular complexity index is 861. The van der Waals surface area contributed by atoms with Crippen LogP contribution in [0.2, 0.25) is 5.02 Å². The first-order chi connectivity index (χ1) is 12.2. The van der Waals surface area contributed by atoms with Crippen molar-refractivity contribution in [3.8, 4) is 0 Å². The minimum Gasteiger partial charge on any atom is -0.328 e. The van der Waals surface area contributed by atoms with Crippen LogP contribution in [0.5, 0.6) is 0 Å². The Morgan fingerprint density at radius 2 is 2.28 bits per heavy atom. The lowest BCUT2D eigenvalue weighted by Crippen LogP contribution is -2.31. The van der Waals surface area contributed by atoms with Crippen molar-refractivity contribution in [3.63, 3.8) is 0 Å². The average molecular weight is 375 g/mol. The van der Waals surface area contributed by atoms with Crippen LogP contribution in [0.25, 0.3) is 0 Å². The van der Waals surface area contributed by atoms with Crippen LogP contribution >= 0.6 is 23.4 Å². The summed E-state index contributed by atoms with van der Waals surface area (Å²) >= 11 is 7.85. The van der Waals surface area contributed by atoms with E-state index in [2.05, 4.69) is 22.3 Å². The van der Waals surface area contributed by atoms with Gasteiger partial charge in [0.15, 0.2) is 5.78 Å². The molecule has 0 saturated carbocycles. The highest BCUT2D eigenvalue weighted by Gasteiger charge is 2.36. The maximum atomic E-state index is 12.7. The highest BCUT2D eigenvalue weighted by atomic mass is 35.5. The number of aromatic nitrogens is 3. The minimum atomic E-state index is -0.263. The van der Waals surface area contributed by atoms with Crippen molar-refractivity contribution in [2.24, 2.45) is 0 Å². The zero-order chi connectivity index (χ0) is 17.4. The molecule has 4 rings (SSSR count). The molecule has 1 unspecified atom stereocenters. The van der Waals surface area contributed by atoms with Crippen molar-refractivity contribution >= 4 is 35.1 Å². The second-order valence-electron chi connectivity index (χ2n) is 6.26. The molecule has 1 aliphatic heterocycles. The topological polar surface area (TPSA) is 59.8 Å². The SMILES string of the molecule is CCCSc1nc2n(n1)C(c1cccc(Cl)c1)C1=C(CCCC1=O)N2. The second kappa shape index (κ2) is 6.84. The fourth-order valence-electron chi connectivity index (χ4n) is 3.38. The lowest BCUT2D eigenvalue weighted by molar-refractivity contribution is -0.116. The van der Waals surface area contributed by atoms with Crippen molar-refractivity contribution < 1.29 is 4.79 Å². The molecule has 2 aromatic rings. The minimum absolute atomic E-state index is 0.183. The summed E-state index contributed by atoms with van der Waals surface area (Å²) in [6.45, 7) is 2.13. The predicted molar refractivity (Wildman–Crippen MR) is 100 cm³/mol. The highest BCUT2D eigenvalue weighted by Crippen LogP contribution is 2.40. The fraction of sp³-hybridized carbons (Fsp3) is 0.389. The molecule has 0 radical (unpaired) electrons. The van der Waals surface area contributed by atoms with Gasteiger partial charge in [-0.25, -0.2) is 4.68 Å². The van der Waals surface area contributed by atoms with Gasteiger partial charge in [0, 0.05) is 28.5 Å². The smallest absolute Gasteiger partial charge is 0.227 e. The largest absolute Gasteiger partial charge is 0.328 e. The van der Waals surface area contributed by atoms with Crippen molar-refractivity contribution in [2.45, 2.75) is 43.8 Å². The van der Waals surface area contributed by atoms with E-state index in [1.165, 1.54) is 0 Å². The lowest BCUT2D eigenvalue weighted by Gasteiger charge is -2.32. The molecule has 0 spiro atoms. The van der Waals surface area contributed by atoms with E-state index in [0.717, 1.165) is 47.0 Å². The van der Waals surface area contributed by atoms with Gasteiger partial charge >= 0.3 is 0 Å². The summed E-state index contributed by atoms with van der Waals surface area (Å²) in [5.41, 5.74) is 2.75. The first kappa shape index (κ1) is 16.7. The second-order valence-corrected chi connectivity index (χ2v) is 7.76. The number of hydrogen-bond donors (Lipinski definition) is 1. The molecule has 0 saturated heterocycles. The van der Waals surface area contributed by atoms with Crippen LogP contribution in [0.1, 0.15) is 44.2 Å². The maximum absolute atomic E-state index is 12.7. The van der Waals surface area contributed by atoms with E-state index in [1.54, 1.807) is 11.8 Å². The van der Waals surface area contributed by atoms with E-state index in [0.29, 0.717) is 17.4 Å². The Morgan fingerprint density at radius 1 is 1.40 bits per heavy atom. The molecule has 2 heterocycles. The summed E-state index contributed by atoms with van der Waals surface area (Å²) in [6.07, 6.45) is 3.38. The summed E-state index contributed by atoms with van der Waals surface area (Å²) in [5, 5.41) is 9.42. The van der Waals surface area contributed by atoms with Crippen LogP contribution in [-0.2, 0) is 4.79 Å². The molecule has 1 aromatic carbocycles. The first-order valence-corrected chi connectivity index (χ1v) is 9.92. The Morgan fingerprint density at radius 3 is 3.08 bits per heavy atom. The highest BCUT2D eigenvalue weighted by molar-refractivity contribution is 7.99. The van der Waals surface area contributed by atoms with E-state index >= 15 is 0 Å². The number of ketones is 1. The molecule has 1 N–H and O–H groups in total. The van der Waals surface area contributed by atoms with Gasteiger partial charge in [-0.1, -0.05) is 42.4 Å². The number of allylic oxidation sites excluding steroid dienone is 2. The molecule has 2 aliphatic rings. The van der Waals surface area contributed by atoms with E-state index in [9.17, 15) is 4.79 Å². The number of nitrogens with one attached hydrogen (secondary N) is 1. The Labute approximate surface area is 155 Å². The van der Waals surface area contributed by atoms with Gasteiger partial charge < -0.3 is 5.32 Å². The molecular weight excluding hydrogens is 356 g/mol. The normalized spacial score (nSPS) is 19.4. The summed E-state index contributed by atoms with van der Waals surface area (Å²) in [5.74, 6) is 1.86. The molecule has 25 heavy (non-hydrogen) atoms. The number of rotatable bonds is 4. The number of thioether (sulfide) groups is 1. The third-order valence-corrected chi connectivity index (χ3v) is 5.73. The predicted octanol–water partition coefficient (Wildman–Crippen LogP) is 4.46. The van der Waals surface area contributed by atoms with Gasteiger partial charge in [0.05, 0.1) is 0 Å². The van der Waals surface area contributed by atoms with Crippen molar-refractivity contribution in [2.75, 3.05) is 11.1 Å². The van der Waals surface area contributed by atoms with Gasteiger partial charge in [-0.15, -0.1) is 5.10 Å². The fourth-order valence-corrected chi connectivity index (χ4v) is 4.26. The van der Waals surface area contributed by atoms with Crippen LogP contribution in [0.4, 0.5) is 5.95 Å². The molecular formula is C18H19ClN4OS. The third kappa shape index (κ3) is 3.09. The van der Waals surface area contributed by atoms with Crippen LogP contribution in [0.3, 0.4) is 0 Å². The van der Waals surface area contributed by atoms with Gasteiger partial charge in [-0.3, -0.25) is 4.79 Å². The zero-order valence-electron chi connectivity index (χ0n) is 14.0. The standard InChI is InChI=1S/C18H19ClN4OS/c1-2-9-25-18-21-17-20-13-7-4-8-14(24)15(13)16(23(17)22-18)11-5-3-6-12(19)10-11/h3,5-6,10,16H,2,4,7-9H2,1H3,(H,20,21,22). The number of carbonyl (C=O) groups excluding carboxylic acids is 1. The summed E-state index contributed by atoms with van der Waals surface area (Å²) in [7, 11) is 0. The van der Waals surface area contributed by atoms with Gasteiger partial charge in [0.2, 0.25) is 11.1 Å². The quantitative estimate of drug-likeness (QED) is 0.801. The van der Waals surface area contributed by atoms with Gasteiger partial charge in [0.25, 0.3) is 0 Å².